The summed E-state index contributed by atoms with van der Waals surface area (Å²) in [5.74, 6) is -1.23. The fraction of sp³-hybridized carbons (Fsp3) is 0.385. The molecule has 5 nitrogen and oxygen atoms in total. The first-order chi connectivity index (χ1) is 9.08. The van der Waals surface area contributed by atoms with Crippen LogP contribution in [0.5, 0.6) is 0 Å². The van der Waals surface area contributed by atoms with Gasteiger partial charge in [0.1, 0.15) is 0 Å². The Balaban J connectivity index is 2.60. The van der Waals surface area contributed by atoms with Crippen LogP contribution in [0, 0.1) is 0 Å². The van der Waals surface area contributed by atoms with Gasteiger partial charge < -0.3 is 15.3 Å². The molecule has 0 saturated carbocycles. The summed E-state index contributed by atoms with van der Waals surface area (Å²) in [6, 6.07) is 6.90. The molecule has 0 heterocycles. The number of amides is 1. The normalized spacial score (nSPS) is 10.6. The maximum Gasteiger partial charge on any atom is 0.305 e. The monoisotopic (exact) mass is 251 g/mol. The number of benzene rings is 1. The first-order valence-corrected chi connectivity index (χ1v) is 5.72. The minimum absolute atomic E-state index is 0.0910. The summed E-state index contributed by atoms with van der Waals surface area (Å²) < 4.78 is 7.36. The van der Waals surface area contributed by atoms with Crippen molar-refractivity contribution in [2.45, 2.75) is 13.3 Å². The van der Waals surface area contributed by atoms with Gasteiger partial charge in [-0.15, -0.1) is 0 Å². The van der Waals surface area contributed by atoms with Gasteiger partial charge in [0.05, 0.1) is 6.42 Å². The minimum atomic E-state index is -0.940. The lowest BCUT2D eigenvalue weighted by Gasteiger charge is -2.16. The van der Waals surface area contributed by atoms with Crippen molar-refractivity contribution in [1.29, 1.82) is 0 Å². The number of hydrogen-bond donors (Lipinski definition) is 2. The van der Waals surface area contributed by atoms with Crippen LogP contribution in [0.1, 0.15) is 25.1 Å². The summed E-state index contributed by atoms with van der Waals surface area (Å²) in [6.07, 6.45) is -0.0910. The molecule has 0 radical (unpaired) electrons. The van der Waals surface area contributed by atoms with Gasteiger partial charge in [-0.2, -0.15) is 0 Å². The number of nitrogens with one attached hydrogen (secondary N) is 1. The summed E-state index contributed by atoms with van der Waals surface area (Å²) in [5.41, 5.74) is 1.37. The second-order valence-electron chi connectivity index (χ2n) is 3.80. The zero-order chi connectivity index (χ0) is 14.3. The van der Waals surface area contributed by atoms with Crippen LogP contribution in [0.25, 0.3) is 0 Å². The molecule has 1 rings (SSSR count). The Hall–Kier alpha value is -2.04. The molecule has 0 aromatic heterocycles. The van der Waals surface area contributed by atoms with Gasteiger partial charge in [-0.1, -0.05) is 0 Å². The van der Waals surface area contributed by atoms with Crippen LogP contribution in [0.2, 0.25) is 0 Å². The van der Waals surface area contributed by atoms with Crippen molar-refractivity contribution in [3.05, 3.63) is 29.8 Å². The molecule has 1 amide bonds. The first kappa shape index (κ1) is 12.4. The summed E-state index contributed by atoms with van der Waals surface area (Å²) in [4.78, 5) is 23.9. The smallest absolute Gasteiger partial charge is 0.305 e. The third kappa shape index (κ3) is 4.08. The van der Waals surface area contributed by atoms with Crippen molar-refractivity contribution >= 4 is 17.6 Å². The summed E-state index contributed by atoms with van der Waals surface area (Å²) >= 11 is 0. The molecule has 2 N–H and O–H groups in total. The van der Waals surface area contributed by atoms with E-state index in [0.29, 0.717) is 5.56 Å². The fourth-order valence-electron chi connectivity index (χ4n) is 1.39. The molecule has 98 valence electrons. The Bertz CT molecular complexity index is 430. The lowest BCUT2D eigenvalue weighted by atomic mass is 10.2. The van der Waals surface area contributed by atoms with Crippen molar-refractivity contribution in [2.75, 3.05) is 25.0 Å². The number of carbonyl (C=O) groups excluding carboxylic acids is 1. The van der Waals surface area contributed by atoms with Crippen LogP contribution in [-0.2, 0) is 4.79 Å². The average Bonchev–Trinajstić information content (AvgIpc) is 2.40. The predicted octanol–water partition coefficient (Wildman–Crippen LogP) is 1.35. The average molecular weight is 251 g/mol. The number of carbonyl (C=O) groups is 2. The van der Waals surface area contributed by atoms with E-state index in [0.717, 1.165) is 12.2 Å². The molecule has 1 aromatic rings. The lowest BCUT2D eigenvalue weighted by Crippen LogP contribution is -2.26. The number of carboxylic acid groups (broad SMARTS) is 1. The summed E-state index contributed by atoms with van der Waals surface area (Å²) in [6.45, 7) is 2.80. The van der Waals surface area contributed by atoms with E-state index in [2.05, 4.69) is 5.32 Å². The standard InChI is InChI=1S/C13H18N2O3/c1-3-15(2)11-6-4-10(5-7-11)13(18)14-9-8-12(16)17/h4-7H,3,8-9H2,1-2H3,(H,14,18)(H,16,17)/i2D. The summed E-state index contributed by atoms with van der Waals surface area (Å²) in [7, 11) is 0.167. The number of hydrogen-bond acceptors (Lipinski definition) is 3. The Kier molecular flexibility index (Phi) is 4.58. The fourth-order valence-corrected chi connectivity index (χ4v) is 1.39. The van der Waals surface area contributed by atoms with Gasteiger partial charge in [0.2, 0.25) is 0 Å². The second-order valence-corrected chi connectivity index (χ2v) is 3.80. The number of nitrogens with zero attached hydrogens (tertiary/aromatic N) is 1. The third-order valence-corrected chi connectivity index (χ3v) is 2.50. The Morgan fingerprint density at radius 1 is 1.39 bits per heavy atom. The van der Waals surface area contributed by atoms with E-state index >= 15 is 0 Å². The predicted molar refractivity (Wildman–Crippen MR) is 70.0 cm³/mol. The molecule has 5 heteroatoms. The van der Waals surface area contributed by atoms with E-state index in [4.69, 9.17) is 6.48 Å². The van der Waals surface area contributed by atoms with E-state index in [1.807, 2.05) is 11.8 Å². The number of rotatable bonds is 6. The second kappa shape index (κ2) is 6.64. The molecule has 0 aliphatic heterocycles. The molecule has 0 aliphatic rings. The van der Waals surface area contributed by atoms with Gasteiger partial charge in [0, 0.05) is 32.7 Å². The van der Waals surface area contributed by atoms with Crippen molar-refractivity contribution in [1.82, 2.24) is 5.32 Å². The third-order valence-electron chi connectivity index (χ3n) is 2.50. The zero-order valence-corrected chi connectivity index (χ0v) is 10.3. The van der Waals surface area contributed by atoms with E-state index in [9.17, 15) is 9.59 Å². The highest BCUT2D eigenvalue weighted by atomic mass is 16.4. The van der Waals surface area contributed by atoms with Crippen molar-refractivity contribution < 1.29 is 16.1 Å². The van der Waals surface area contributed by atoms with E-state index in [1.165, 1.54) is 0 Å². The zero-order valence-electron chi connectivity index (χ0n) is 11.3. The number of aliphatic carboxylic acids is 1. The van der Waals surface area contributed by atoms with Crippen LogP contribution in [0.4, 0.5) is 5.69 Å². The van der Waals surface area contributed by atoms with Crippen LogP contribution < -0.4 is 10.2 Å². The molecule has 0 atom stereocenters. The summed E-state index contributed by atoms with van der Waals surface area (Å²) in [5, 5.41) is 11.0. The maximum absolute atomic E-state index is 11.7. The molecular weight excluding hydrogens is 232 g/mol. The van der Waals surface area contributed by atoms with E-state index in [-0.39, 0.29) is 25.9 Å². The number of anilines is 1. The molecule has 0 fully saturated rings. The first-order valence-electron chi connectivity index (χ1n) is 6.43. The molecule has 0 unspecified atom stereocenters. The molecular formula is C13H18N2O3. The molecule has 18 heavy (non-hydrogen) atoms. The maximum atomic E-state index is 11.7. The van der Waals surface area contributed by atoms with Crippen molar-refractivity contribution in [2.24, 2.45) is 0 Å². The van der Waals surface area contributed by atoms with Gasteiger partial charge in [0.15, 0.2) is 0 Å². The van der Waals surface area contributed by atoms with Crippen LogP contribution in [0.15, 0.2) is 24.3 Å². The Labute approximate surface area is 108 Å². The topological polar surface area (TPSA) is 69.6 Å². The number of carboxylic acids is 1. The Morgan fingerprint density at radius 3 is 2.56 bits per heavy atom. The Morgan fingerprint density at radius 2 is 2.06 bits per heavy atom. The van der Waals surface area contributed by atoms with Crippen LogP contribution >= 0.6 is 0 Å². The van der Waals surface area contributed by atoms with Crippen molar-refractivity contribution in [3.63, 3.8) is 0 Å². The van der Waals surface area contributed by atoms with Gasteiger partial charge in [-0.3, -0.25) is 9.59 Å². The molecule has 0 saturated heterocycles. The highest BCUT2D eigenvalue weighted by Crippen LogP contribution is 2.13. The highest BCUT2D eigenvalue weighted by Gasteiger charge is 2.06. The van der Waals surface area contributed by atoms with Gasteiger partial charge in [-0.05, 0) is 31.2 Å². The van der Waals surface area contributed by atoms with Crippen LogP contribution in [-0.4, -0.2) is 37.1 Å². The lowest BCUT2D eigenvalue weighted by molar-refractivity contribution is -0.136. The quantitative estimate of drug-likeness (QED) is 0.800. The largest absolute Gasteiger partial charge is 0.481 e. The molecule has 0 spiro atoms. The van der Waals surface area contributed by atoms with Crippen LogP contribution in [0.3, 0.4) is 0 Å². The highest BCUT2D eigenvalue weighted by molar-refractivity contribution is 5.94. The van der Waals surface area contributed by atoms with Crippen molar-refractivity contribution in [3.8, 4) is 0 Å². The molecule has 0 aliphatic carbocycles. The SMILES string of the molecule is [2H]CN(CC)c1ccc(C(=O)NCCC(=O)O)cc1. The van der Waals surface area contributed by atoms with Gasteiger partial charge in [-0.25, -0.2) is 0 Å². The van der Waals surface area contributed by atoms with Gasteiger partial charge >= 0.3 is 5.97 Å². The molecule has 1 aromatic carbocycles. The van der Waals surface area contributed by atoms with E-state index < -0.39 is 5.97 Å². The van der Waals surface area contributed by atoms with E-state index in [1.54, 1.807) is 24.3 Å². The molecule has 0 bridgehead atoms. The minimum Gasteiger partial charge on any atom is -0.481 e. The van der Waals surface area contributed by atoms with Gasteiger partial charge in [0.25, 0.3) is 5.91 Å².